The van der Waals surface area contributed by atoms with Gasteiger partial charge in [-0.3, -0.25) is 19.3 Å². The van der Waals surface area contributed by atoms with Crippen molar-refractivity contribution in [3.63, 3.8) is 0 Å². The summed E-state index contributed by atoms with van der Waals surface area (Å²) in [5.41, 5.74) is 1.39. The number of hydrogen-bond acceptors (Lipinski definition) is 4. The molecule has 2 saturated heterocycles. The van der Waals surface area contributed by atoms with Gasteiger partial charge in [0.2, 0.25) is 11.8 Å². The smallest absolute Gasteiger partial charge is 0.251 e. The molecule has 0 unspecified atom stereocenters. The average Bonchev–Trinajstić information content (AvgIpc) is 3.04. The van der Waals surface area contributed by atoms with Crippen molar-refractivity contribution in [3.05, 3.63) is 59.1 Å². The SMILES string of the molecule is O=C(Nc1ccccc1)C1CCN([C@@H]2CC(=O)N(c3ccc(Br)cc3)C2=O)CC1. The summed E-state index contributed by atoms with van der Waals surface area (Å²) in [6.45, 7) is 1.26. The van der Waals surface area contributed by atoms with E-state index in [1.807, 2.05) is 47.4 Å². The Morgan fingerprint density at radius 2 is 1.62 bits per heavy atom. The molecule has 150 valence electrons. The van der Waals surface area contributed by atoms with Crippen LogP contribution in [-0.2, 0) is 14.4 Å². The van der Waals surface area contributed by atoms with Crippen LogP contribution in [0, 0.1) is 5.92 Å². The van der Waals surface area contributed by atoms with Crippen LogP contribution in [0.15, 0.2) is 59.1 Å². The van der Waals surface area contributed by atoms with Crippen molar-refractivity contribution in [1.29, 1.82) is 0 Å². The van der Waals surface area contributed by atoms with E-state index in [0.717, 1.165) is 10.2 Å². The highest BCUT2D eigenvalue weighted by molar-refractivity contribution is 9.10. The minimum absolute atomic E-state index is 0.0150. The molecule has 2 heterocycles. The summed E-state index contributed by atoms with van der Waals surface area (Å²) in [4.78, 5) is 41.3. The summed E-state index contributed by atoms with van der Waals surface area (Å²) in [5, 5.41) is 2.95. The molecule has 7 heteroatoms. The van der Waals surface area contributed by atoms with Crippen LogP contribution in [0.4, 0.5) is 11.4 Å². The first-order chi connectivity index (χ1) is 14.0. The van der Waals surface area contributed by atoms with Crippen molar-refractivity contribution in [2.75, 3.05) is 23.3 Å². The first-order valence-electron chi connectivity index (χ1n) is 9.75. The topological polar surface area (TPSA) is 69.7 Å². The van der Waals surface area contributed by atoms with E-state index in [1.54, 1.807) is 12.1 Å². The molecule has 0 bridgehead atoms. The average molecular weight is 456 g/mol. The number of amides is 3. The van der Waals surface area contributed by atoms with Gasteiger partial charge >= 0.3 is 0 Å². The maximum atomic E-state index is 12.9. The zero-order valence-electron chi connectivity index (χ0n) is 15.9. The molecule has 2 aliphatic rings. The van der Waals surface area contributed by atoms with Gasteiger partial charge in [0.1, 0.15) is 0 Å². The Hall–Kier alpha value is -2.51. The third-order valence-corrected chi connectivity index (χ3v) is 6.12. The standard InChI is InChI=1S/C22H22BrN3O3/c23-16-6-8-18(9-7-16)26-20(27)14-19(22(26)29)25-12-10-15(11-13-25)21(28)24-17-4-2-1-3-5-17/h1-9,15,19H,10-14H2,(H,24,28)/t19-/m1/s1. The molecule has 0 aromatic heterocycles. The normalized spacial score (nSPS) is 20.9. The van der Waals surface area contributed by atoms with E-state index in [-0.39, 0.29) is 30.1 Å². The van der Waals surface area contributed by atoms with Gasteiger partial charge in [-0.15, -0.1) is 0 Å². The Bertz CT molecular complexity index is 909. The van der Waals surface area contributed by atoms with Gasteiger partial charge in [0.15, 0.2) is 0 Å². The summed E-state index contributed by atoms with van der Waals surface area (Å²) in [6.07, 6.45) is 1.54. The number of rotatable bonds is 4. The minimum atomic E-state index is -0.440. The predicted molar refractivity (Wildman–Crippen MR) is 114 cm³/mol. The van der Waals surface area contributed by atoms with Crippen LogP contribution < -0.4 is 10.2 Å². The number of carbonyl (C=O) groups excluding carboxylic acids is 3. The number of likely N-dealkylation sites (tertiary alicyclic amines) is 1. The van der Waals surface area contributed by atoms with Crippen LogP contribution in [0.5, 0.6) is 0 Å². The number of benzene rings is 2. The largest absolute Gasteiger partial charge is 0.326 e. The summed E-state index contributed by atoms with van der Waals surface area (Å²) in [6, 6.07) is 16.1. The highest BCUT2D eigenvalue weighted by Crippen LogP contribution is 2.29. The summed E-state index contributed by atoms with van der Waals surface area (Å²) >= 11 is 3.37. The fraction of sp³-hybridized carbons (Fsp3) is 0.318. The number of halogens is 1. The number of imide groups is 1. The van der Waals surface area contributed by atoms with Crippen LogP contribution >= 0.6 is 15.9 Å². The van der Waals surface area contributed by atoms with E-state index >= 15 is 0 Å². The van der Waals surface area contributed by atoms with Crippen molar-refractivity contribution in [2.24, 2.45) is 5.92 Å². The molecular weight excluding hydrogens is 434 g/mol. The second-order valence-electron chi connectivity index (χ2n) is 7.43. The second-order valence-corrected chi connectivity index (χ2v) is 8.34. The Morgan fingerprint density at radius 3 is 2.28 bits per heavy atom. The van der Waals surface area contributed by atoms with E-state index in [1.165, 1.54) is 4.90 Å². The van der Waals surface area contributed by atoms with Gasteiger partial charge in [0, 0.05) is 16.1 Å². The number of nitrogens with one attached hydrogen (secondary N) is 1. The van der Waals surface area contributed by atoms with Gasteiger partial charge in [0.25, 0.3) is 5.91 Å². The lowest BCUT2D eigenvalue weighted by Gasteiger charge is -2.34. The van der Waals surface area contributed by atoms with Gasteiger partial charge in [0.05, 0.1) is 18.2 Å². The number of carbonyl (C=O) groups is 3. The van der Waals surface area contributed by atoms with Gasteiger partial charge in [-0.1, -0.05) is 34.1 Å². The fourth-order valence-electron chi connectivity index (χ4n) is 4.00. The lowest BCUT2D eigenvalue weighted by atomic mass is 9.94. The molecule has 2 aromatic carbocycles. The lowest BCUT2D eigenvalue weighted by molar-refractivity contribution is -0.123. The molecule has 1 atom stereocenters. The number of piperidine rings is 1. The highest BCUT2D eigenvalue weighted by atomic mass is 79.9. The number of anilines is 2. The second kappa shape index (κ2) is 8.47. The predicted octanol–water partition coefficient (Wildman–Crippen LogP) is 3.43. The van der Waals surface area contributed by atoms with Crippen LogP contribution in [0.2, 0.25) is 0 Å². The van der Waals surface area contributed by atoms with Crippen molar-refractivity contribution < 1.29 is 14.4 Å². The maximum absolute atomic E-state index is 12.9. The highest BCUT2D eigenvalue weighted by Gasteiger charge is 2.43. The van der Waals surface area contributed by atoms with Gasteiger partial charge in [-0.25, -0.2) is 4.90 Å². The van der Waals surface area contributed by atoms with Crippen LogP contribution in [0.1, 0.15) is 19.3 Å². The van der Waals surface area contributed by atoms with E-state index in [4.69, 9.17) is 0 Å². The molecule has 2 fully saturated rings. The molecule has 2 aromatic rings. The molecule has 29 heavy (non-hydrogen) atoms. The fourth-order valence-corrected chi connectivity index (χ4v) is 4.27. The summed E-state index contributed by atoms with van der Waals surface area (Å²) < 4.78 is 0.896. The monoisotopic (exact) mass is 455 g/mol. The van der Waals surface area contributed by atoms with Gasteiger partial charge in [-0.05, 0) is 62.3 Å². The third kappa shape index (κ3) is 4.26. The first-order valence-corrected chi connectivity index (χ1v) is 10.5. The van der Waals surface area contributed by atoms with Crippen molar-refractivity contribution >= 4 is 45.0 Å². The molecule has 4 rings (SSSR count). The molecule has 0 spiro atoms. The summed E-state index contributed by atoms with van der Waals surface area (Å²) in [7, 11) is 0. The molecule has 2 aliphatic heterocycles. The van der Waals surface area contributed by atoms with E-state index in [2.05, 4.69) is 21.2 Å². The number of nitrogens with zero attached hydrogens (tertiary/aromatic N) is 2. The van der Waals surface area contributed by atoms with Crippen molar-refractivity contribution in [3.8, 4) is 0 Å². The molecule has 6 nitrogen and oxygen atoms in total. The van der Waals surface area contributed by atoms with Crippen molar-refractivity contribution in [1.82, 2.24) is 4.90 Å². The number of para-hydroxylation sites is 1. The number of hydrogen-bond donors (Lipinski definition) is 1. The molecular formula is C22H22BrN3O3. The zero-order chi connectivity index (χ0) is 20.4. The zero-order valence-corrected chi connectivity index (χ0v) is 17.5. The molecule has 1 N–H and O–H groups in total. The Labute approximate surface area is 178 Å². The molecule has 0 saturated carbocycles. The van der Waals surface area contributed by atoms with Gasteiger partial charge in [-0.2, -0.15) is 0 Å². The summed E-state index contributed by atoms with van der Waals surface area (Å²) in [5.74, 6) is -0.418. The first kappa shape index (κ1) is 19.8. The molecule has 3 amide bonds. The molecule has 0 aliphatic carbocycles. The van der Waals surface area contributed by atoms with Gasteiger partial charge < -0.3 is 5.32 Å². The van der Waals surface area contributed by atoms with E-state index in [9.17, 15) is 14.4 Å². The van der Waals surface area contributed by atoms with Crippen LogP contribution in [0.25, 0.3) is 0 Å². The van der Waals surface area contributed by atoms with Crippen molar-refractivity contribution in [2.45, 2.75) is 25.3 Å². The van der Waals surface area contributed by atoms with Crippen LogP contribution in [-0.4, -0.2) is 41.8 Å². The Balaban J connectivity index is 1.36. The Morgan fingerprint density at radius 1 is 0.966 bits per heavy atom. The molecule has 0 radical (unpaired) electrons. The van der Waals surface area contributed by atoms with E-state index in [0.29, 0.717) is 31.6 Å². The van der Waals surface area contributed by atoms with E-state index < -0.39 is 6.04 Å². The maximum Gasteiger partial charge on any atom is 0.251 e. The quantitative estimate of drug-likeness (QED) is 0.716. The Kier molecular flexibility index (Phi) is 5.78. The minimum Gasteiger partial charge on any atom is -0.326 e. The third-order valence-electron chi connectivity index (χ3n) is 5.59. The van der Waals surface area contributed by atoms with Crippen LogP contribution in [0.3, 0.4) is 0 Å². The lowest BCUT2D eigenvalue weighted by Crippen LogP contribution is -2.47.